The van der Waals surface area contributed by atoms with E-state index in [0.29, 0.717) is 22.7 Å². The fraction of sp³-hybridized carbons (Fsp3) is 0.0714. The Hall–Kier alpha value is -3.09. The smallest absolute Gasteiger partial charge is 0.347 e. The second kappa shape index (κ2) is 4.20. The fourth-order valence-electron chi connectivity index (χ4n) is 2.25. The van der Waals surface area contributed by atoms with E-state index in [0.717, 1.165) is 10.9 Å². The molecular formula is C14H8N4O3. The van der Waals surface area contributed by atoms with E-state index in [4.69, 9.17) is 9.26 Å². The number of aryl methyl sites for hydroxylation is 1. The van der Waals surface area contributed by atoms with Gasteiger partial charge in [-0.25, -0.2) is 14.8 Å². The largest absolute Gasteiger partial charge is 0.400 e. The molecule has 21 heavy (non-hydrogen) atoms. The van der Waals surface area contributed by atoms with E-state index >= 15 is 0 Å². The summed E-state index contributed by atoms with van der Waals surface area (Å²) in [6.45, 7) is 1.72. The Labute approximate surface area is 118 Å². The van der Waals surface area contributed by atoms with Crippen molar-refractivity contribution < 1.29 is 14.1 Å². The standard InChI is InChI=1S/C14H8N4O3/c1-7-4-11(18-21-7)20-14(19)8-5-10-12-9(2-3-15-10)16-6-17-13(8)12/h2-6H,1H3. The summed E-state index contributed by atoms with van der Waals surface area (Å²) in [4.78, 5) is 24.8. The first-order chi connectivity index (χ1) is 10.2. The molecule has 0 saturated heterocycles. The van der Waals surface area contributed by atoms with Gasteiger partial charge in [0.05, 0.1) is 27.9 Å². The molecule has 0 atom stereocenters. The van der Waals surface area contributed by atoms with Crippen molar-refractivity contribution in [3.05, 3.63) is 41.8 Å². The summed E-state index contributed by atoms with van der Waals surface area (Å²) in [6, 6.07) is 3.31. The normalized spacial score (nSPS) is 12.5. The molecule has 0 amide bonds. The van der Waals surface area contributed by atoms with Crippen LogP contribution in [0.15, 0.2) is 29.2 Å². The van der Waals surface area contributed by atoms with E-state index in [-0.39, 0.29) is 5.88 Å². The predicted molar refractivity (Wildman–Crippen MR) is 72.1 cm³/mol. The van der Waals surface area contributed by atoms with Crippen LogP contribution in [0.25, 0.3) is 22.6 Å². The highest BCUT2D eigenvalue weighted by Gasteiger charge is 2.26. The predicted octanol–water partition coefficient (Wildman–Crippen LogP) is 1.78. The van der Waals surface area contributed by atoms with Crippen molar-refractivity contribution in [2.45, 2.75) is 6.92 Å². The minimum absolute atomic E-state index is 0.118. The van der Waals surface area contributed by atoms with E-state index in [1.165, 1.54) is 12.4 Å². The maximum Gasteiger partial charge on any atom is 0.347 e. The van der Waals surface area contributed by atoms with Crippen LogP contribution in [-0.2, 0) is 4.79 Å². The van der Waals surface area contributed by atoms with Gasteiger partial charge in [-0.1, -0.05) is 0 Å². The van der Waals surface area contributed by atoms with Crippen LogP contribution in [0.3, 0.4) is 0 Å². The number of aromatic nitrogens is 4. The summed E-state index contributed by atoms with van der Waals surface area (Å²) in [6.07, 6.45) is 4.69. The molecule has 0 aliphatic heterocycles. The summed E-state index contributed by atoms with van der Waals surface area (Å²) < 4.78 is 10.0. The second-order valence-electron chi connectivity index (χ2n) is 4.54. The molecule has 7 heteroatoms. The molecule has 3 aromatic heterocycles. The van der Waals surface area contributed by atoms with Gasteiger partial charge in [-0.3, -0.25) is 4.98 Å². The summed E-state index contributed by atoms with van der Waals surface area (Å²) >= 11 is 0. The van der Waals surface area contributed by atoms with Gasteiger partial charge in [0.2, 0.25) is 0 Å². The van der Waals surface area contributed by atoms with Crippen molar-refractivity contribution in [3.8, 4) is 5.88 Å². The van der Waals surface area contributed by atoms with Crippen LogP contribution in [0.1, 0.15) is 17.1 Å². The van der Waals surface area contributed by atoms with Crippen molar-refractivity contribution in [1.82, 2.24) is 20.1 Å². The minimum Gasteiger partial charge on any atom is -0.400 e. The van der Waals surface area contributed by atoms with Gasteiger partial charge < -0.3 is 9.26 Å². The number of pyridine rings is 1. The van der Waals surface area contributed by atoms with Crippen LogP contribution >= 0.6 is 0 Å². The van der Waals surface area contributed by atoms with Gasteiger partial charge in [0.15, 0.2) is 0 Å². The molecule has 0 saturated carbocycles. The van der Waals surface area contributed by atoms with Gasteiger partial charge in [0.25, 0.3) is 5.88 Å². The Kier molecular flexibility index (Phi) is 2.34. The van der Waals surface area contributed by atoms with Crippen LogP contribution in [0.4, 0.5) is 0 Å². The number of carbonyl (C=O) groups excluding carboxylic acids is 1. The zero-order chi connectivity index (χ0) is 14.4. The van der Waals surface area contributed by atoms with Crippen LogP contribution < -0.4 is 4.74 Å². The van der Waals surface area contributed by atoms with Gasteiger partial charge in [-0.05, 0) is 24.2 Å². The number of hydrogen-bond acceptors (Lipinski definition) is 7. The van der Waals surface area contributed by atoms with Crippen LogP contribution in [0.5, 0.6) is 5.88 Å². The van der Waals surface area contributed by atoms with Crippen LogP contribution in [0, 0.1) is 6.92 Å². The lowest BCUT2D eigenvalue weighted by molar-refractivity contribution is -0.128. The first-order valence-electron chi connectivity index (χ1n) is 6.19. The maximum absolute atomic E-state index is 12.3. The number of nitrogens with zero attached hydrogens (tertiary/aromatic N) is 4. The summed E-state index contributed by atoms with van der Waals surface area (Å²) in [5.74, 6) is 0.126. The van der Waals surface area contributed by atoms with Crippen LogP contribution in [-0.4, -0.2) is 26.1 Å². The molecular weight excluding hydrogens is 272 g/mol. The Morgan fingerprint density at radius 1 is 1.29 bits per heavy atom. The second-order valence-corrected chi connectivity index (χ2v) is 4.54. The third-order valence-corrected chi connectivity index (χ3v) is 3.14. The molecule has 3 aromatic rings. The molecule has 1 aliphatic rings. The molecule has 0 radical (unpaired) electrons. The van der Waals surface area contributed by atoms with Gasteiger partial charge in [0.1, 0.15) is 12.1 Å². The van der Waals surface area contributed by atoms with Crippen molar-refractivity contribution in [1.29, 1.82) is 0 Å². The number of carbonyl (C=O) groups is 1. The monoisotopic (exact) mass is 280 g/mol. The first kappa shape index (κ1) is 11.7. The lowest BCUT2D eigenvalue weighted by atomic mass is 10.2. The molecule has 0 spiro atoms. The van der Waals surface area contributed by atoms with Gasteiger partial charge >= 0.3 is 5.97 Å². The molecule has 0 N–H and O–H groups in total. The third kappa shape index (κ3) is 1.78. The molecule has 0 unspecified atom stereocenters. The molecule has 7 nitrogen and oxygen atoms in total. The Balaban J connectivity index is 1.75. The zero-order valence-corrected chi connectivity index (χ0v) is 10.9. The SMILES string of the molecule is Cc1cc(OC(=O)C2=Cc3nccc4ncnc2c34)no1. The summed E-state index contributed by atoms with van der Waals surface area (Å²) in [5.41, 5.74) is 2.25. The molecule has 0 bridgehead atoms. The topological polar surface area (TPSA) is 91.0 Å². The highest BCUT2D eigenvalue weighted by molar-refractivity contribution is 6.28. The lowest BCUT2D eigenvalue weighted by Crippen LogP contribution is -2.10. The van der Waals surface area contributed by atoms with Gasteiger partial charge in [-0.15, -0.1) is 0 Å². The number of ether oxygens (including phenoxy) is 1. The Morgan fingerprint density at radius 2 is 2.19 bits per heavy atom. The van der Waals surface area contributed by atoms with E-state index in [1.807, 2.05) is 0 Å². The molecule has 4 rings (SSSR count). The van der Waals surface area contributed by atoms with E-state index in [1.54, 1.807) is 25.3 Å². The molecule has 0 aromatic carbocycles. The highest BCUT2D eigenvalue weighted by atomic mass is 16.6. The van der Waals surface area contributed by atoms with Gasteiger partial charge in [-0.2, -0.15) is 0 Å². The first-order valence-corrected chi connectivity index (χ1v) is 6.19. The van der Waals surface area contributed by atoms with Crippen molar-refractivity contribution in [2.24, 2.45) is 0 Å². The van der Waals surface area contributed by atoms with Crippen LogP contribution in [0.2, 0.25) is 0 Å². The minimum atomic E-state index is -0.554. The third-order valence-electron chi connectivity index (χ3n) is 3.14. The molecule has 102 valence electrons. The van der Waals surface area contributed by atoms with Crippen molar-refractivity contribution in [3.63, 3.8) is 0 Å². The quantitative estimate of drug-likeness (QED) is 0.661. The molecule has 3 heterocycles. The number of rotatable bonds is 2. The zero-order valence-electron chi connectivity index (χ0n) is 10.9. The fourth-order valence-corrected chi connectivity index (χ4v) is 2.25. The summed E-state index contributed by atoms with van der Waals surface area (Å²) in [5, 5.41) is 4.38. The number of esters is 1. The van der Waals surface area contributed by atoms with Crippen molar-refractivity contribution >= 4 is 28.5 Å². The van der Waals surface area contributed by atoms with Gasteiger partial charge in [0, 0.05) is 12.3 Å². The average molecular weight is 280 g/mol. The van der Waals surface area contributed by atoms with Crippen molar-refractivity contribution in [2.75, 3.05) is 0 Å². The average Bonchev–Trinajstić information content (AvgIpc) is 3.05. The highest BCUT2D eigenvalue weighted by Crippen LogP contribution is 2.33. The maximum atomic E-state index is 12.3. The Bertz CT molecular complexity index is 908. The summed E-state index contributed by atoms with van der Waals surface area (Å²) in [7, 11) is 0. The molecule has 1 aliphatic carbocycles. The van der Waals surface area contributed by atoms with E-state index < -0.39 is 5.97 Å². The molecule has 0 fully saturated rings. The Morgan fingerprint density at radius 3 is 3.00 bits per heavy atom. The number of hydrogen-bond donors (Lipinski definition) is 0. The van der Waals surface area contributed by atoms with E-state index in [9.17, 15) is 4.79 Å². The van der Waals surface area contributed by atoms with E-state index in [2.05, 4.69) is 20.1 Å². The lowest BCUT2D eigenvalue weighted by Gasteiger charge is -2.02.